The van der Waals surface area contributed by atoms with Gasteiger partial charge in [-0.25, -0.2) is 0 Å². The lowest BCUT2D eigenvalue weighted by Gasteiger charge is -2.17. The van der Waals surface area contributed by atoms with Gasteiger partial charge in [0.05, 0.1) is 12.5 Å². The number of methoxy groups -OCH3 is 1. The quantitative estimate of drug-likeness (QED) is 0.538. The van der Waals surface area contributed by atoms with Crippen LogP contribution in [0.25, 0.3) is 0 Å². The van der Waals surface area contributed by atoms with Crippen molar-refractivity contribution in [3.05, 3.63) is 0 Å². The van der Waals surface area contributed by atoms with Crippen molar-refractivity contribution >= 4 is 5.91 Å². The van der Waals surface area contributed by atoms with Crippen LogP contribution in [0.1, 0.15) is 45.4 Å². The zero-order valence-electron chi connectivity index (χ0n) is 11.8. The first-order valence-corrected chi connectivity index (χ1v) is 7.24. The van der Waals surface area contributed by atoms with E-state index in [1.165, 1.54) is 38.5 Å². The van der Waals surface area contributed by atoms with Crippen LogP contribution in [0.4, 0.5) is 0 Å². The van der Waals surface area contributed by atoms with Crippen LogP contribution < -0.4 is 10.6 Å². The molecule has 18 heavy (non-hydrogen) atoms. The predicted molar refractivity (Wildman–Crippen MR) is 73.5 cm³/mol. The average Bonchev–Trinajstić information content (AvgIpc) is 2.63. The molecular formula is C14H28N2O2. The van der Waals surface area contributed by atoms with Crippen molar-refractivity contribution in [2.24, 2.45) is 5.92 Å². The number of hydrogen-bond donors (Lipinski definition) is 2. The Morgan fingerprint density at radius 1 is 1.22 bits per heavy atom. The van der Waals surface area contributed by atoms with Gasteiger partial charge in [0.25, 0.3) is 0 Å². The molecular weight excluding hydrogens is 228 g/mol. The summed E-state index contributed by atoms with van der Waals surface area (Å²) in [5.74, 6) is 0.0207. The van der Waals surface area contributed by atoms with Crippen molar-refractivity contribution in [2.45, 2.75) is 51.5 Å². The van der Waals surface area contributed by atoms with Gasteiger partial charge in [-0.2, -0.15) is 0 Å². The van der Waals surface area contributed by atoms with Crippen LogP contribution in [-0.2, 0) is 9.53 Å². The Balaban J connectivity index is 2.05. The highest BCUT2D eigenvalue weighted by Gasteiger charge is 2.13. The van der Waals surface area contributed by atoms with E-state index >= 15 is 0 Å². The number of rotatable bonds is 7. The van der Waals surface area contributed by atoms with Crippen molar-refractivity contribution in [2.75, 3.05) is 26.8 Å². The molecule has 1 aliphatic carbocycles. The number of carbonyl (C=O) groups is 1. The van der Waals surface area contributed by atoms with Crippen molar-refractivity contribution < 1.29 is 9.53 Å². The molecule has 1 saturated carbocycles. The summed E-state index contributed by atoms with van der Waals surface area (Å²) in [6.07, 6.45) is 8.01. The first-order chi connectivity index (χ1) is 8.74. The molecule has 0 saturated heterocycles. The number of carbonyl (C=O) groups excluding carboxylic acids is 1. The Morgan fingerprint density at radius 2 is 1.89 bits per heavy atom. The van der Waals surface area contributed by atoms with Crippen LogP contribution in [-0.4, -0.2) is 38.8 Å². The molecule has 0 aromatic carbocycles. The summed E-state index contributed by atoms with van der Waals surface area (Å²) in [6.45, 7) is 3.96. The maximum atomic E-state index is 11.6. The van der Waals surface area contributed by atoms with Crippen LogP contribution in [0.5, 0.6) is 0 Å². The molecule has 0 heterocycles. The lowest BCUT2D eigenvalue weighted by molar-refractivity contribution is -0.125. The molecule has 1 atom stereocenters. The summed E-state index contributed by atoms with van der Waals surface area (Å²) in [5.41, 5.74) is 0. The van der Waals surface area contributed by atoms with E-state index in [9.17, 15) is 4.79 Å². The van der Waals surface area contributed by atoms with E-state index in [0.717, 1.165) is 6.54 Å². The molecule has 4 nitrogen and oxygen atoms in total. The van der Waals surface area contributed by atoms with Crippen LogP contribution in [0, 0.1) is 5.92 Å². The molecule has 106 valence electrons. The molecule has 1 aliphatic rings. The van der Waals surface area contributed by atoms with Gasteiger partial charge in [0.1, 0.15) is 0 Å². The average molecular weight is 256 g/mol. The van der Waals surface area contributed by atoms with Gasteiger partial charge in [0.2, 0.25) is 5.91 Å². The largest absolute Gasteiger partial charge is 0.384 e. The summed E-state index contributed by atoms with van der Waals surface area (Å²) >= 11 is 0. The first-order valence-electron chi connectivity index (χ1n) is 7.24. The Labute approximate surface area is 111 Å². The lowest BCUT2D eigenvalue weighted by Crippen LogP contribution is -2.39. The van der Waals surface area contributed by atoms with Gasteiger partial charge < -0.3 is 15.4 Å². The second-order valence-electron chi connectivity index (χ2n) is 5.29. The van der Waals surface area contributed by atoms with Gasteiger partial charge in [-0.15, -0.1) is 0 Å². The number of nitrogens with one attached hydrogen (secondary N) is 2. The standard InChI is InChI=1S/C14H28N2O2/c1-12(11-18-2)14(17)16-10-9-15-13-7-5-3-4-6-8-13/h12-13,15H,3-11H2,1-2H3,(H,16,17)/t12-/m0/s1. The minimum atomic E-state index is -0.0621. The smallest absolute Gasteiger partial charge is 0.225 e. The molecule has 0 aromatic heterocycles. The number of ether oxygens (including phenoxy) is 1. The fraction of sp³-hybridized carbons (Fsp3) is 0.929. The van der Waals surface area contributed by atoms with E-state index in [0.29, 0.717) is 19.2 Å². The monoisotopic (exact) mass is 256 g/mol. The van der Waals surface area contributed by atoms with Gasteiger partial charge in [0, 0.05) is 26.2 Å². The van der Waals surface area contributed by atoms with Gasteiger partial charge in [0.15, 0.2) is 0 Å². The van der Waals surface area contributed by atoms with Crippen LogP contribution in [0.3, 0.4) is 0 Å². The molecule has 0 unspecified atom stereocenters. The van der Waals surface area contributed by atoms with E-state index < -0.39 is 0 Å². The van der Waals surface area contributed by atoms with Crippen molar-refractivity contribution in [3.8, 4) is 0 Å². The summed E-state index contributed by atoms with van der Waals surface area (Å²) in [7, 11) is 1.62. The molecule has 0 spiro atoms. The molecule has 1 fully saturated rings. The molecule has 4 heteroatoms. The number of amides is 1. The summed E-state index contributed by atoms with van der Waals surface area (Å²) in [6, 6.07) is 0.654. The summed E-state index contributed by atoms with van der Waals surface area (Å²) in [4.78, 5) is 11.6. The molecule has 1 rings (SSSR count). The molecule has 0 radical (unpaired) electrons. The van der Waals surface area contributed by atoms with Gasteiger partial charge in [-0.1, -0.05) is 32.6 Å². The third-order valence-electron chi connectivity index (χ3n) is 3.58. The topological polar surface area (TPSA) is 50.4 Å². The fourth-order valence-electron chi connectivity index (χ4n) is 2.45. The van der Waals surface area contributed by atoms with Gasteiger partial charge in [-0.05, 0) is 12.8 Å². The molecule has 0 bridgehead atoms. The Kier molecular flexibility index (Phi) is 8.01. The molecule has 0 aliphatic heterocycles. The van der Waals surface area contributed by atoms with E-state index in [-0.39, 0.29) is 11.8 Å². The van der Waals surface area contributed by atoms with Crippen LogP contribution >= 0.6 is 0 Å². The second kappa shape index (κ2) is 9.34. The van der Waals surface area contributed by atoms with E-state index in [1.54, 1.807) is 7.11 Å². The molecule has 0 aromatic rings. The Morgan fingerprint density at radius 3 is 2.50 bits per heavy atom. The molecule has 2 N–H and O–H groups in total. The van der Waals surface area contributed by atoms with E-state index in [1.807, 2.05) is 6.92 Å². The lowest BCUT2D eigenvalue weighted by atomic mass is 10.1. The summed E-state index contributed by atoms with van der Waals surface area (Å²) in [5, 5.41) is 6.48. The van der Waals surface area contributed by atoms with Gasteiger partial charge >= 0.3 is 0 Å². The summed E-state index contributed by atoms with van der Waals surface area (Å²) < 4.78 is 4.96. The zero-order chi connectivity index (χ0) is 13.2. The highest BCUT2D eigenvalue weighted by atomic mass is 16.5. The van der Waals surface area contributed by atoms with Crippen molar-refractivity contribution in [1.29, 1.82) is 0 Å². The van der Waals surface area contributed by atoms with Crippen LogP contribution in [0.2, 0.25) is 0 Å². The number of hydrogen-bond acceptors (Lipinski definition) is 3. The zero-order valence-corrected chi connectivity index (χ0v) is 11.8. The maximum absolute atomic E-state index is 11.6. The Hall–Kier alpha value is -0.610. The SMILES string of the molecule is COC[C@H](C)C(=O)NCCNC1CCCCCC1. The highest BCUT2D eigenvalue weighted by Crippen LogP contribution is 2.16. The second-order valence-corrected chi connectivity index (χ2v) is 5.29. The van der Waals surface area contributed by atoms with Gasteiger partial charge in [-0.3, -0.25) is 4.79 Å². The maximum Gasteiger partial charge on any atom is 0.225 e. The van der Waals surface area contributed by atoms with Crippen molar-refractivity contribution in [3.63, 3.8) is 0 Å². The van der Waals surface area contributed by atoms with Crippen LogP contribution in [0.15, 0.2) is 0 Å². The highest BCUT2D eigenvalue weighted by molar-refractivity contribution is 5.78. The third-order valence-corrected chi connectivity index (χ3v) is 3.58. The normalized spacial score (nSPS) is 19.2. The predicted octanol–water partition coefficient (Wildman–Crippen LogP) is 1.70. The van der Waals surface area contributed by atoms with Crippen molar-refractivity contribution in [1.82, 2.24) is 10.6 Å². The first kappa shape index (κ1) is 15.4. The third kappa shape index (κ3) is 6.36. The minimum absolute atomic E-state index is 0.0621. The van der Waals surface area contributed by atoms with E-state index in [4.69, 9.17) is 4.74 Å². The van der Waals surface area contributed by atoms with E-state index in [2.05, 4.69) is 10.6 Å². The Bertz CT molecular complexity index is 226. The fourth-order valence-corrected chi connectivity index (χ4v) is 2.45. The minimum Gasteiger partial charge on any atom is -0.384 e. The molecule has 1 amide bonds.